The van der Waals surface area contributed by atoms with Crippen LogP contribution in [0.1, 0.15) is 31.1 Å². The van der Waals surface area contributed by atoms with Crippen LogP contribution in [0.4, 0.5) is 5.69 Å². The molecule has 150 valence electrons. The minimum Gasteiger partial charge on any atom is -0.493 e. The third-order valence-electron chi connectivity index (χ3n) is 3.80. The molecule has 7 nitrogen and oxygen atoms in total. The molecule has 28 heavy (non-hydrogen) atoms. The zero-order chi connectivity index (χ0) is 20.5. The van der Waals surface area contributed by atoms with Crippen molar-refractivity contribution in [3.63, 3.8) is 0 Å². The Morgan fingerprint density at radius 3 is 2.32 bits per heavy atom. The van der Waals surface area contributed by atoms with Gasteiger partial charge in [-0.1, -0.05) is 12.1 Å². The van der Waals surface area contributed by atoms with Gasteiger partial charge in [-0.2, -0.15) is 0 Å². The molecule has 0 aromatic heterocycles. The number of hydrogen-bond donors (Lipinski definition) is 1. The van der Waals surface area contributed by atoms with Crippen LogP contribution in [0.3, 0.4) is 0 Å². The number of hydrogen-bond acceptors (Lipinski definition) is 6. The van der Waals surface area contributed by atoms with Gasteiger partial charge in [-0.15, -0.1) is 0 Å². The van der Waals surface area contributed by atoms with Gasteiger partial charge < -0.3 is 24.3 Å². The van der Waals surface area contributed by atoms with Gasteiger partial charge in [-0.3, -0.25) is 4.79 Å². The first kappa shape index (κ1) is 21.1. The van der Waals surface area contributed by atoms with Crippen LogP contribution in [0.15, 0.2) is 42.5 Å². The summed E-state index contributed by atoms with van der Waals surface area (Å²) >= 11 is 0. The predicted molar refractivity (Wildman–Crippen MR) is 105 cm³/mol. The van der Waals surface area contributed by atoms with Gasteiger partial charge in [0.15, 0.2) is 17.6 Å². The lowest BCUT2D eigenvalue weighted by Gasteiger charge is -2.16. The van der Waals surface area contributed by atoms with Gasteiger partial charge in [0.25, 0.3) is 5.91 Å². The van der Waals surface area contributed by atoms with Crippen LogP contribution < -0.4 is 19.5 Å². The molecule has 1 amide bonds. The van der Waals surface area contributed by atoms with Crippen molar-refractivity contribution in [3.8, 4) is 17.2 Å². The molecule has 2 rings (SSSR count). The summed E-state index contributed by atoms with van der Waals surface area (Å²) in [5.41, 5.74) is 0.773. The number of anilines is 1. The molecule has 0 spiro atoms. The molecule has 0 unspecified atom stereocenters. The van der Waals surface area contributed by atoms with Crippen LogP contribution in [0.25, 0.3) is 0 Å². The summed E-state index contributed by atoms with van der Waals surface area (Å²) in [4.78, 5) is 24.8. The second-order valence-corrected chi connectivity index (χ2v) is 5.76. The molecule has 0 aliphatic carbocycles. The number of amides is 1. The molecule has 0 saturated carbocycles. The highest BCUT2D eigenvalue weighted by molar-refractivity contribution is 5.98. The van der Waals surface area contributed by atoms with Crippen LogP contribution in [0, 0.1) is 0 Å². The van der Waals surface area contributed by atoms with Crippen molar-refractivity contribution < 1.29 is 28.5 Å². The normalized spacial score (nSPS) is 11.3. The van der Waals surface area contributed by atoms with Gasteiger partial charge in [0, 0.05) is 0 Å². The first-order valence-corrected chi connectivity index (χ1v) is 9.04. The van der Waals surface area contributed by atoms with Gasteiger partial charge in [0.2, 0.25) is 0 Å². The molecular weight excluding hydrogens is 362 g/mol. The Kier molecular flexibility index (Phi) is 7.68. The van der Waals surface area contributed by atoms with Crippen molar-refractivity contribution in [2.45, 2.75) is 26.9 Å². The summed E-state index contributed by atoms with van der Waals surface area (Å²) in [6.45, 7) is 6.15. The Labute approximate surface area is 164 Å². The summed E-state index contributed by atoms with van der Waals surface area (Å²) in [5, 5.41) is 2.71. The quantitative estimate of drug-likeness (QED) is 0.661. The standard InChI is InChI=1S/C21H25NO6/c1-5-26-17-10-8-7-9-16(17)22-20(23)14(3)28-21(24)15-11-12-18(27-6-2)19(13-15)25-4/h7-14H,5-6H2,1-4H3,(H,22,23)/t14-/m1/s1. The van der Waals surface area contributed by atoms with Crippen molar-refractivity contribution in [2.24, 2.45) is 0 Å². The topological polar surface area (TPSA) is 83.1 Å². The summed E-state index contributed by atoms with van der Waals surface area (Å²) in [7, 11) is 1.48. The smallest absolute Gasteiger partial charge is 0.339 e. The summed E-state index contributed by atoms with van der Waals surface area (Å²) in [6.07, 6.45) is -1.00. The van der Waals surface area contributed by atoms with E-state index in [9.17, 15) is 9.59 Å². The van der Waals surface area contributed by atoms with E-state index in [-0.39, 0.29) is 5.56 Å². The first-order valence-electron chi connectivity index (χ1n) is 9.04. The van der Waals surface area contributed by atoms with E-state index >= 15 is 0 Å². The fraction of sp³-hybridized carbons (Fsp3) is 0.333. The van der Waals surface area contributed by atoms with Gasteiger partial charge in [-0.25, -0.2) is 4.79 Å². The molecule has 0 bridgehead atoms. The van der Waals surface area contributed by atoms with Gasteiger partial charge in [0.1, 0.15) is 5.75 Å². The van der Waals surface area contributed by atoms with E-state index in [4.69, 9.17) is 18.9 Å². The zero-order valence-electron chi connectivity index (χ0n) is 16.5. The minimum atomic E-state index is -1.00. The van der Waals surface area contributed by atoms with Gasteiger partial charge in [0.05, 0.1) is 31.6 Å². The third kappa shape index (κ3) is 5.39. The lowest BCUT2D eigenvalue weighted by atomic mass is 10.2. The summed E-state index contributed by atoms with van der Waals surface area (Å²) in [5.74, 6) is 0.396. The highest BCUT2D eigenvalue weighted by atomic mass is 16.5. The molecule has 0 aliphatic rings. The minimum absolute atomic E-state index is 0.259. The summed E-state index contributed by atoms with van der Waals surface area (Å²) in [6, 6.07) is 11.8. The highest BCUT2D eigenvalue weighted by Gasteiger charge is 2.21. The largest absolute Gasteiger partial charge is 0.493 e. The SMILES string of the molecule is CCOc1ccccc1NC(=O)[C@@H](C)OC(=O)c1ccc(OCC)c(OC)c1. The van der Waals surface area contributed by atoms with E-state index in [0.717, 1.165) is 0 Å². The number of esters is 1. The van der Waals surface area contributed by atoms with Crippen molar-refractivity contribution >= 4 is 17.6 Å². The molecule has 0 fully saturated rings. The van der Waals surface area contributed by atoms with Gasteiger partial charge in [-0.05, 0) is 51.1 Å². The fourth-order valence-electron chi connectivity index (χ4n) is 2.44. The molecule has 7 heteroatoms. The molecule has 0 aliphatic heterocycles. The summed E-state index contributed by atoms with van der Waals surface area (Å²) < 4.78 is 21.4. The number of benzene rings is 2. The lowest BCUT2D eigenvalue weighted by Crippen LogP contribution is -2.30. The Hall–Kier alpha value is -3.22. The lowest BCUT2D eigenvalue weighted by molar-refractivity contribution is -0.123. The Balaban J connectivity index is 2.05. The predicted octanol–water partition coefficient (Wildman–Crippen LogP) is 3.68. The number of carbonyl (C=O) groups is 2. The van der Waals surface area contributed by atoms with Crippen molar-refractivity contribution in [2.75, 3.05) is 25.6 Å². The number of rotatable bonds is 9. The van der Waals surface area contributed by atoms with Gasteiger partial charge >= 0.3 is 5.97 Å². The maximum Gasteiger partial charge on any atom is 0.339 e. The average molecular weight is 387 g/mol. The number of nitrogens with one attached hydrogen (secondary N) is 1. The van der Waals surface area contributed by atoms with Crippen molar-refractivity contribution in [3.05, 3.63) is 48.0 Å². The molecular formula is C21H25NO6. The second kappa shape index (κ2) is 10.2. The van der Waals surface area contributed by atoms with E-state index in [1.165, 1.54) is 20.1 Å². The Bertz CT molecular complexity index is 820. The number of methoxy groups -OCH3 is 1. The number of ether oxygens (including phenoxy) is 4. The number of carbonyl (C=O) groups excluding carboxylic acids is 2. The molecule has 1 N–H and O–H groups in total. The van der Waals surface area contributed by atoms with Crippen molar-refractivity contribution in [1.29, 1.82) is 0 Å². The van der Waals surface area contributed by atoms with E-state index < -0.39 is 18.0 Å². The molecule has 0 radical (unpaired) electrons. The Morgan fingerprint density at radius 1 is 0.964 bits per heavy atom. The third-order valence-corrected chi connectivity index (χ3v) is 3.80. The van der Waals surface area contributed by atoms with Crippen LogP contribution in [0.2, 0.25) is 0 Å². The maximum absolute atomic E-state index is 12.4. The molecule has 2 aromatic rings. The molecule has 1 atom stereocenters. The first-order chi connectivity index (χ1) is 13.5. The molecule has 0 saturated heterocycles. The fourth-order valence-corrected chi connectivity index (χ4v) is 2.44. The van der Waals surface area contributed by atoms with Crippen LogP contribution in [-0.4, -0.2) is 38.3 Å². The van der Waals surface area contributed by atoms with Crippen LogP contribution in [-0.2, 0) is 9.53 Å². The van der Waals surface area contributed by atoms with E-state index in [0.29, 0.717) is 36.1 Å². The van der Waals surface area contributed by atoms with Crippen molar-refractivity contribution in [1.82, 2.24) is 0 Å². The highest BCUT2D eigenvalue weighted by Crippen LogP contribution is 2.28. The molecule has 0 heterocycles. The second-order valence-electron chi connectivity index (χ2n) is 5.76. The monoisotopic (exact) mass is 387 g/mol. The Morgan fingerprint density at radius 2 is 1.64 bits per heavy atom. The van der Waals surface area contributed by atoms with Crippen LogP contribution in [0.5, 0.6) is 17.2 Å². The van der Waals surface area contributed by atoms with Crippen LogP contribution >= 0.6 is 0 Å². The number of para-hydroxylation sites is 2. The average Bonchev–Trinajstić information content (AvgIpc) is 2.70. The van der Waals surface area contributed by atoms with E-state index in [1.54, 1.807) is 30.3 Å². The van der Waals surface area contributed by atoms with E-state index in [2.05, 4.69) is 5.32 Å². The zero-order valence-corrected chi connectivity index (χ0v) is 16.5. The maximum atomic E-state index is 12.4. The molecule has 2 aromatic carbocycles. The van der Waals surface area contributed by atoms with E-state index in [1.807, 2.05) is 19.9 Å².